The molecule has 0 saturated carbocycles. The fourth-order valence-electron chi connectivity index (χ4n) is 2.99. The van der Waals surface area contributed by atoms with Gasteiger partial charge >= 0.3 is 5.97 Å². The Morgan fingerprint density at radius 1 is 1.20 bits per heavy atom. The van der Waals surface area contributed by atoms with Gasteiger partial charge in [-0.15, -0.1) is 0 Å². The van der Waals surface area contributed by atoms with Crippen LogP contribution in [-0.2, 0) is 14.4 Å². The smallest absolute Gasteiger partial charge is 0.347 e. The van der Waals surface area contributed by atoms with Crippen molar-refractivity contribution in [2.45, 2.75) is 13.3 Å². The van der Waals surface area contributed by atoms with Gasteiger partial charge in [-0.05, 0) is 36.1 Å². The second-order valence-electron chi connectivity index (χ2n) is 5.73. The minimum atomic E-state index is -0.427. The van der Waals surface area contributed by atoms with Gasteiger partial charge in [0.2, 0.25) is 6.61 Å². The highest BCUT2D eigenvalue weighted by atomic mass is 16.6. The van der Waals surface area contributed by atoms with Gasteiger partial charge in [0.25, 0.3) is 0 Å². The van der Waals surface area contributed by atoms with Crippen LogP contribution in [0.4, 0.5) is 0 Å². The number of aromatic nitrogens is 2. The molecule has 0 atom stereocenters. The van der Waals surface area contributed by atoms with Gasteiger partial charge in [-0.2, -0.15) is 0 Å². The van der Waals surface area contributed by atoms with Crippen molar-refractivity contribution in [2.75, 3.05) is 13.2 Å². The number of rotatable bonds is 5. The van der Waals surface area contributed by atoms with Crippen LogP contribution in [0, 0.1) is 0 Å². The quantitative estimate of drug-likeness (QED) is 0.415. The molecule has 1 aromatic carbocycles. The number of benzene rings is 1. The molecule has 6 heteroatoms. The van der Waals surface area contributed by atoms with Crippen molar-refractivity contribution in [3.63, 3.8) is 0 Å². The van der Waals surface area contributed by atoms with E-state index < -0.39 is 5.97 Å². The molecule has 0 amide bonds. The van der Waals surface area contributed by atoms with Crippen LogP contribution in [0.25, 0.3) is 27.3 Å². The van der Waals surface area contributed by atoms with Gasteiger partial charge in [-0.3, -0.25) is 4.98 Å². The van der Waals surface area contributed by atoms with E-state index in [2.05, 4.69) is 20.6 Å². The normalized spacial score (nSPS) is 12.3. The first-order valence-corrected chi connectivity index (χ1v) is 8.21. The van der Waals surface area contributed by atoms with Gasteiger partial charge in [-0.1, -0.05) is 24.2 Å². The summed E-state index contributed by atoms with van der Waals surface area (Å²) >= 11 is 0. The molecule has 0 saturated heterocycles. The van der Waals surface area contributed by atoms with E-state index in [1.165, 1.54) is 0 Å². The summed E-state index contributed by atoms with van der Waals surface area (Å²) in [6.45, 7) is 2.10. The number of ether oxygens (including phenoxy) is 1. The van der Waals surface area contributed by atoms with Crippen molar-refractivity contribution < 1.29 is 14.4 Å². The highest BCUT2D eigenvalue weighted by Crippen LogP contribution is 2.24. The van der Waals surface area contributed by atoms with Crippen molar-refractivity contribution in [3.8, 4) is 0 Å². The van der Waals surface area contributed by atoms with Crippen LogP contribution in [0.5, 0.6) is 0 Å². The molecule has 0 unspecified atom stereocenters. The van der Waals surface area contributed by atoms with E-state index in [-0.39, 0.29) is 6.61 Å². The molecule has 0 aliphatic carbocycles. The molecule has 0 radical (unpaired) electrons. The minimum Gasteiger partial charge on any atom is -0.463 e. The predicted octanol–water partition coefficient (Wildman–Crippen LogP) is 2.86. The average Bonchev–Trinajstić information content (AvgIpc) is 3.12. The van der Waals surface area contributed by atoms with E-state index >= 15 is 0 Å². The van der Waals surface area contributed by atoms with Crippen molar-refractivity contribution in [3.05, 3.63) is 54.1 Å². The first-order valence-electron chi connectivity index (χ1n) is 8.21. The molecular formula is C19H17N3O3. The van der Waals surface area contributed by atoms with Crippen molar-refractivity contribution in [1.82, 2.24) is 9.38 Å². The molecule has 126 valence electrons. The summed E-state index contributed by atoms with van der Waals surface area (Å²) < 4.78 is 7.05. The van der Waals surface area contributed by atoms with Gasteiger partial charge in [0.15, 0.2) is 5.36 Å². The maximum Gasteiger partial charge on any atom is 0.347 e. The molecular weight excluding hydrogens is 318 g/mol. The van der Waals surface area contributed by atoms with Crippen molar-refractivity contribution in [2.24, 2.45) is 5.16 Å². The summed E-state index contributed by atoms with van der Waals surface area (Å²) in [4.78, 5) is 21.4. The van der Waals surface area contributed by atoms with Gasteiger partial charge < -0.3 is 14.0 Å². The van der Waals surface area contributed by atoms with Crippen molar-refractivity contribution >= 4 is 33.3 Å². The third kappa shape index (κ3) is 2.65. The lowest BCUT2D eigenvalue weighted by Crippen LogP contribution is -2.15. The van der Waals surface area contributed by atoms with Gasteiger partial charge in [0.1, 0.15) is 5.52 Å². The van der Waals surface area contributed by atoms with E-state index in [1.54, 1.807) is 6.20 Å². The lowest BCUT2D eigenvalue weighted by molar-refractivity contribution is -0.149. The topological polar surface area (TPSA) is 65.2 Å². The lowest BCUT2D eigenvalue weighted by Gasteiger charge is -2.08. The zero-order chi connectivity index (χ0) is 17.2. The first-order chi connectivity index (χ1) is 12.3. The Hall–Kier alpha value is -3.15. The van der Waals surface area contributed by atoms with Crippen LogP contribution < -0.4 is 5.36 Å². The van der Waals surface area contributed by atoms with Crippen LogP contribution in [0.2, 0.25) is 0 Å². The molecule has 4 rings (SSSR count). The lowest BCUT2D eigenvalue weighted by atomic mass is 10.1. The van der Waals surface area contributed by atoms with Crippen LogP contribution in [0.1, 0.15) is 13.3 Å². The monoisotopic (exact) mass is 335 g/mol. The van der Waals surface area contributed by atoms with Crippen LogP contribution in [0.15, 0.2) is 53.9 Å². The molecule has 0 fully saturated rings. The highest BCUT2D eigenvalue weighted by molar-refractivity contribution is 6.08. The Kier molecular flexibility index (Phi) is 3.93. The molecule has 3 aromatic heterocycles. The highest BCUT2D eigenvalue weighted by Gasteiger charge is 2.11. The number of pyridine rings is 2. The standard InChI is InChI=1S/C19H17N3O3/c1-2-11-24-16(23)12-25-21-18-15-7-4-10-22(15)14-6-3-5-13-8-9-20-19(18)17(13)14/h3-10H,2,11-12H2,1H3/b21-18+. The Bertz CT molecular complexity index is 1110. The van der Waals surface area contributed by atoms with Crippen LogP contribution in [0.3, 0.4) is 0 Å². The third-order valence-corrected chi connectivity index (χ3v) is 4.05. The molecule has 3 heterocycles. The van der Waals surface area contributed by atoms with Gasteiger partial charge in [0, 0.05) is 17.8 Å². The summed E-state index contributed by atoms with van der Waals surface area (Å²) in [5.41, 5.74) is 2.68. The van der Waals surface area contributed by atoms with E-state index in [0.717, 1.165) is 33.7 Å². The second kappa shape index (κ2) is 6.39. The molecule has 25 heavy (non-hydrogen) atoms. The summed E-state index contributed by atoms with van der Waals surface area (Å²) in [6.07, 6.45) is 4.51. The molecule has 0 aliphatic rings. The number of esters is 1. The van der Waals surface area contributed by atoms with Crippen molar-refractivity contribution in [1.29, 1.82) is 0 Å². The molecule has 0 bridgehead atoms. The zero-order valence-electron chi connectivity index (χ0n) is 13.8. The predicted molar refractivity (Wildman–Crippen MR) is 94.2 cm³/mol. The Morgan fingerprint density at radius 3 is 2.96 bits per heavy atom. The SMILES string of the molecule is CCCOC(=O)CO/N=c1/c2nccc3cccc(c32)n2cccc12. The molecule has 0 spiro atoms. The number of carbonyl (C=O) groups is 1. The fraction of sp³-hybridized carbons (Fsp3) is 0.211. The Morgan fingerprint density at radius 2 is 2.08 bits per heavy atom. The average molecular weight is 335 g/mol. The Balaban J connectivity index is 1.85. The van der Waals surface area contributed by atoms with E-state index in [1.807, 2.05) is 43.5 Å². The minimum absolute atomic E-state index is 0.220. The van der Waals surface area contributed by atoms with E-state index in [4.69, 9.17) is 9.57 Å². The van der Waals surface area contributed by atoms with E-state index in [0.29, 0.717) is 12.0 Å². The van der Waals surface area contributed by atoms with Gasteiger partial charge in [-0.25, -0.2) is 4.79 Å². The number of fused-ring (bicyclic) bond motifs is 2. The maximum absolute atomic E-state index is 11.6. The van der Waals surface area contributed by atoms with Crippen LogP contribution in [-0.4, -0.2) is 28.6 Å². The first kappa shape index (κ1) is 15.4. The second-order valence-corrected chi connectivity index (χ2v) is 5.73. The number of hydrogen-bond donors (Lipinski definition) is 0. The molecule has 6 nitrogen and oxygen atoms in total. The largest absolute Gasteiger partial charge is 0.463 e. The third-order valence-electron chi connectivity index (χ3n) is 4.05. The maximum atomic E-state index is 11.6. The Labute approximate surface area is 143 Å². The van der Waals surface area contributed by atoms with Gasteiger partial charge in [0.05, 0.1) is 17.6 Å². The van der Waals surface area contributed by atoms with Crippen LogP contribution >= 0.6 is 0 Å². The zero-order valence-corrected chi connectivity index (χ0v) is 13.8. The molecule has 0 N–H and O–H groups in total. The summed E-state index contributed by atoms with van der Waals surface area (Å²) in [5.74, 6) is -0.427. The number of nitrogens with zero attached hydrogens (tertiary/aromatic N) is 3. The summed E-state index contributed by atoms with van der Waals surface area (Å²) in [7, 11) is 0. The van der Waals surface area contributed by atoms with E-state index in [9.17, 15) is 4.79 Å². The number of carbonyl (C=O) groups excluding carboxylic acids is 1. The summed E-state index contributed by atoms with van der Waals surface area (Å²) in [5, 5.41) is 6.91. The number of hydrogen-bond acceptors (Lipinski definition) is 5. The molecule has 4 aromatic rings. The fourth-order valence-corrected chi connectivity index (χ4v) is 2.99. The molecule has 0 aliphatic heterocycles. The summed E-state index contributed by atoms with van der Waals surface area (Å²) in [6, 6.07) is 12.0.